The molecule has 3 heterocycles. The van der Waals surface area contributed by atoms with Gasteiger partial charge in [-0.1, -0.05) is 133 Å². The number of fused-ring (bicyclic) bond motifs is 6. The van der Waals surface area contributed by atoms with Gasteiger partial charge in [0.15, 0.2) is 17.5 Å². The van der Waals surface area contributed by atoms with Gasteiger partial charge in [-0.2, -0.15) is 0 Å². The fraction of sp³-hybridized carbons (Fsp3) is 0. The van der Waals surface area contributed by atoms with Crippen LogP contribution in [0.3, 0.4) is 0 Å². The summed E-state index contributed by atoms with van der Waals surface area (Å²) in [6.07, 6.45) is 0. The van der Waals surface area contributed by atoms with Crippen molar-refractivity contribution >= 4 is 43.9 Å². The van der Waals surface area contributed by atoms with E-state index in [2.05, 4.69) is 72.8 Å². The van der Waals surface area contributed by atoms with Gasteiger partial charge in [-0.25, -0.2) is 15.0 Å². The number of aromatic nitrogens is 3. The summed E-state index contributed by atoms with van der Waals surface area (Å²) in [6, 6.07) is 55.7. The average molecular weight is 642 g/mol. The summed E-state index contributed by atoms with van der Waals surface area (Å²) in [5, 5.41) is 4.26. The molecule has 0 aliphatic heterocycles. The van der Waals surface area contributed by atoms with E-state index in [0.717, 1.165) is 82.8 Å². The zero-order valence-corrected chi connectivity index (χ0v) is 26.7. The third kappa shape index (κ3) is 4.60. The largest absolute Gasteiger partial charge is 0.456 e. The summed E-state index contributed by atoms with van der Waals surface area (Å²) in [5.74, 6) is 1.82. The lowest BCUT2D eigenvalue weighted by Gasteiger charge is -2.17. The number of furan rings is 2. The van der Waals surface area contributed by atoms with Crippen molar-refractivity contribution in [1.82, 2.24) is 15.0 Å². The van der Waals surface area contributed by atoms with Crippen LogP contribution in [0.4, 0.5) is 0 Å². The zero-order valence-electron chi connectivity index (χ0n) is 26.7. The van der Waals surface area contributed by atoms with Gasteiger partial charge in [0, 0.05) is 43.8 Å². The first-order valence-corrected chi connectivity index (χ1v) is 16.6. The van der Waals surface area contributed by atoms with E-state index < -0.39 is 0 Å². The first-order valence-electron chi connectivity index (χ1n) is 16.6. The molecule has 10 rings (SSSR count). The Hall–Kier alpha value is -6.85. The lowest BCUT2D eigenvalue weighted by Crippen LogP contribution is -2.02. The maximum atomic E-state index is 6.40. The average Bonchev–Trinajstić information content (AvgIpc) is 3.76. The first-order chi connectivity index (χ1) is 24.8. The smallest absolute Gasteiger partial charge is 0.164 e. The Morgan fingerprint density at radius 3 is 1.58 bits per heavy atom. The van der Waals surface area contributed by atoms with Crippen LogP contribution in [-0.4, -0.2) is 15.0 Å². The second-order valence-electron chi connectivity index (χ2n) is 12.4. The van der Waals surface area contributed by atoms with Gasteiger partial charge in [-0.3, -0.25) is 0 Å². The summed E-state index contributed by atoms with van der Waals surface area (Å²) in [4.78, 5) is 15.3. The minimum atomic E-state index is 0.592. The quantitative estimate of drug-likeness (QED) is 0.187. The van der Waals surface area contributed by atoms with Gasteiger partial charge < -0.3 is 8.83 Å². The van der Waals surface area contributed by atoms with Crippen LogP contribution in [0.5, 0.6) is 0 Å². The van der Waals surface area contributed by atoms with Crippen molar-refractivity contribution in [3.8, 4) is 56.4 Å². The van der Waals surface area contributed by atoms with E-state index in [4.69, 9.17) is 23.8 Å². The summed E-state index contributed by atoms with van der Waals surface area (Å²) in [5.41, 5.74) is 10.3. The zero-order chi connectivity index (χ0) is 33.0. The minimum Gasteiger partial charge on any atom is -0.456 e. The van der Waals surface area contributed by atoms with E-state index in [1.54, 1.807) is 0 Å². The highest BCUT2D eigenvalue weighted by atomic mass is 16.3. The van der Waals surface area contributed by atoms with Crippen molar-refractivity contribution in [3.63, 3.8) is 0 Å². The van der Waals surface area contributed by atoms with Crippen molar-refractivity contribution < 1.29 is 8.83 Å². The van der Waals surface area contributed by atoms with Gasteiger partial charge in [0.1, 0.15) is 22.3 Å². The molecule has 0 aliphatic rings. The van der Waals surface area contributed by atoms with E-state index in [9.17, 15) is 0 Å². The Balaban J connectivity index is 1.30. The highest BCUT2D eigenvalue weighted by Gasteiger charge is 2.22. The van der Waals surface area contributed by atoms with Crippen molar-refractivity contribution in [2.75, 3.05) is 0 Å². The number of rotatable bonds is 5. The molecule has 10 aromatic rings. The molecular weight excluding hydrogens is 615 g/mol. The van der Waals surface area contributed by atoms with Gasteiger partial charge in [-0.05, 0) is 47.0 Å². The Morgan fingerprint density at radius 2 is 0.840 bits per heavy atom. The molecular formula is C45H27N3O2. The predicted molar refractivity (Wildman–Crippen MR) is 202 cm³/mol. The van der Waals surface area contributed by atoms with Crippen molar-refractivity contribution in [2.24, 2.45) is 0 Å². The molecule has 3 aromatic heterocycles. The van der Waals surface area contributed by atoms with Gasteiger partial charge >= 0.3 is 0 Å². The molecule has 50 heavy (non-hydrogen) atoms. The third-order valence-corrected chi connectivity index (χ3v) is 9.36. The summed E-state index contributed by atoms with van der Waals surface area (Å²) in [6.45, 7) is 0. The Labute approximate surface area is 287 Å². The van der Waals surface area contributed by atoms with E-state index in [1.807, 2.05) is 91.0 Å². The molecule has 5 nitrogen and oxygen atoms in total. The van der Waals surface area contributed by atoms with Crippen LogP contribution in [0.15, 0.2) is 173 Å². The molecule has 0 unspecified atom stereocenters. The third-order valence-electron chi connectivity index (χ3n) is 9.36. The molecule has 0 amide bonds. The summed E-state index contributed by atoms with van der Waals surface area (Å²) >= 11 is 0. The number of hydrogen-bond acceptors (Lipinski definition) is 5. The van der Waals surface area contributed by atoms with Crippen molar-refractivity contribution in [1.29, 1.82) is 0 Å². The Kier molecular flexibility index (Phi) is 6.42. The SMILES string of the molecule is c1ccc(-c2nc(-c3ccccc3)nc(-c3cccc(-c4ccc5oc6ccccc6c5c4)c3-c3cccc4oc5ccccc5c34)n2)cc1. The summed E-state index contributed by atoms with van der Waals surface area (Å²) in [7, 11) is 0. The van der Waals surface area contributed by atoms with Crippen molar-refractivity contribution in [2.45, 2.75) is 0 Å². The molecule has 0 saturated heterocycles. The minimum absolute atomic E-state index is 0.592. The van der Waals surface area contributed by atoms with Gasteiger partial charge in [0.25, 0.3) is 0 Å². The normalized spacial score (nSPS) is 11.6. The molecule has 5 heteroatoms. The van der Waals surface area contributed by atoms with Crippen LogP contribution in [0.1, 0.15) is 0 Å². The fourth-order valence-electron chi connectivity index (χ4n) is 7.08. The van der Waals surface area contributed by atoms with Crippen LogP contribution in [0.2, 0.25) is 0 Å². The molecule has 0 fully saturated rings. The van der Waals surface area contributed by atoms with E-state index in [0.29, 0.717) is 17.5 Å². The van der Waals surface area contributed by atoms with Crippen LogP contribution in [0, 0.1) is 0 Å². The second kappa shape index (κ2) is 11.4. The predicted octanol–water partition coefficient (Wildman–Crippen LogP) is 12.0. The lowest BCUT2D eigenvalue weighted by atomic mass is 9.87. The highest BCUT2D eigenvalue weighted by Crippen LogP contribution is 2.46. The van der Waals surface area contributed by atoms with Gasteiger partial charge in [-0.15, -0.1) is 0 Å². The number of nitrogens with zero attached hydrogens (tertiary/aromatic N) is 3. The number of hydrogen-bond donors (Lipinski definition) is 0. The summed E-state index contributed by atoms with van der Waals surface area (Å²) < 4.78 is 12.6. The molecule has 0 saturated carbocycles. The maximum absolute atomic E-state index is 6.40. The standard InChI is InChI=1S/C45H27N3O2/c1-3-13-28(14-4-1)43-46-44(29-15-5-2-6-16-29)48-45(47-43)35-21-11-19-31(30-25-26-39-36(27-30)32-17-7-9-22-37(32)49-39)41(35)34-20-12-24-40-42(34)33-18-8-10-23-38(33)50-40/h1-27H. The maximum Gasteiger partial charge on any atom is 0.164 e. The molecule has 0 spiro atoms. The van der Waals surface area contributed by atoms with E-state index in [-0.39, 0.29) is 0 Å². The number of para-hydroxylation sites is 2. The molecule has 0 N–H and O–H groups in total. The fourth-order valence-corrected chi connectivity index (χ4v) is 7.08. The molecule has 0 aliphatic carbocycles. The molecule has 7 aromatic carbocycles. The first kappa shape index (κ1) is 28.2. The van der Waals surface area contributed by atoms with Gasteiger partial charge in [0.2, 0.25) is 0 Å². The molecule has 0 bridgehead atoms. The molecule has 234 valence electrons. The number of benzene rings is 7. The van der Waals surface area contributed by atoms with Crippen LogP contribution >= 0.6 is 0 Å². The lowest BCUT2D eigenvalue weighted by molar-refractivity contribution is 0.668. The molecule has 0 atom stereocenters. The van der Waals surface area contributed by atoms with E-state index >= 15 is 0 Å². The van der Waals surface area contributed by atoms with Crippen LogP contribution < -0.4 is 0 Å². The Morgan fingerprint density at radius 1 is 0.320 bits per heavy atom. The topological polar surface area (TPSA) is 65.0 Å². The van der Waals surface area contributed by atoms with Gasteiger partial charge in [0.05, 0.1) is 0 Å². The highest BCUT2D eigenvalue weighted by molar-refractivity contribution is 6.15. The van der Waals surface area contributed by atoms with Crippen LogP contribution in [0.25, 0.3) is 100 Å². The monoisotopic (exact) mass is 641 g/mol. The van der Waals surface area contributed by atoms with Crippen molar-refractivity contribution in [3.05, 3.63) is 164 Å². The Bertz CT molecular complexity index is 2810. The van der Waals surface area contributed by atoms with E-state index in [1.165, 1.54) is 0 Å². The second-order valence-corrected chi connectivity index (χ2v) is 12.4. The molecule has 0 radical (unpaired) electrons. The van der Waals surface area contributed by atoms with Crippen LogP contribution in [-0.2, 0) is 0 Å².